The van der Waals surface area contributed by atoms with Crippen molar-refractivity contribution >= 4 is 29.6 Å². The first-order chi connectivity index (χ1) is 17.4. The third-order valence-corrected chi connectivity index (χ3v) is 12.5. The van der Waals surface area contributed by atoms with Crippen LogP contribution in [0, 0.1) is 5.82 Å². The molecule has 186 valence electrons. The summed E-state index contributed by atoms with van der Waals surface area (Å²) >= 11 is 0. The quantitative estimate of drug-likeness (QED) is 0.296. The third kappa shape index (κ3) is 4.75. The predicted molar refractivity (Wildman–Crippen MR) is 147 cm³/mol. The summed E-state index contributed by atoms with van der Waals surface area (Å²) in [6.07, 6.45) is 3.73. The van der Waals surface area contributed by atoms with Gasteiger partial charge in [-0.25, -0.2) is 4.39 Å². The fourth-order valence-corrected chi connectivity index (χ4v) is 10.2. The lowest BCUT2D eigenvalue weighted by Gasteiger charge is -2.44. The van der Waals surface area contributed by atoms with Crippen LogP contribution in [0.2, 0.25) is 5.04 Å². The molecule has 1 fully saturated rings. The van der Waals surface area contributed by atoms with Crippen molar-refractivity contribution in [2.75, 3.05) is 13.2 Å². The zero-order chi connectivity index (χ0) is 25.2. The van der Waals surface area contributed by atoms with Gasteiger partial charge in [0, 0.05) is 17.5 Å². The van der Waals surface area contributed by atoms with Crippen LogP contribution in [-0.4, -0.2) is 32.6 Å². The molecule has 2 atom stereocenters. The minimum atomic E-state index is -2.59. The number of benzene rings is 3. The SMILES string of the molecule is CC(C)(C)[Si](OCC1CCC(c2ccnc3ccc(F)cc23)CO1)(c1ccccc1)c1ccccc1. The van der Waals surface area contributed by atoms with E-state index in [1.54, 1.807) is 12.1 Å². The van der Waals surface area contributed by atoms with Crippen molar-refractivity contribution in [2.24, 2.45) is 0 Å². The van der Waals surface area contributed by atoms with Crippen LogP contribution in [0.5, 0.6) is 0 Å². The first kappa shape index (κ1) is 24.8. The van der Waals surface area contributed by atoms with E-state index in [9.17, 15) is 4.39 Å². The molecule has 0 N–H and O–H groups in total. The fraction of sp³-hybridized carbons (Fsp3) is 0.323. The molecule has 0 aliphatic carbocycles. The maximum absolute atomic E-state index is 14.0. The Morgan fingerprint density at radius 1 is 0.917 bits per heavy atom. The second-order valence-electron chi connectivity index (χ2n) is 10.8. The van der Waals surface area contributed by atoms with Gasteiger partial charge in [0.25, 0.3) is 8.32 Å². The molecule has 0 bridgehead atoms. The van der Waals surface area contributed by atoms with Gasteiger partial charge in [0.05, 0.1) is 24.8 Å². The largest absolute Gasteiger partial charge is 0.405 e. The van der Waals surface area contributed by atoms with Gasteiger partial charge in [0.2, 0.25) is 0 Å². The maximum Gasteiger partial charge on any atom is 0.261 e. The first-order valence-electron chi connectivity index (χ1n) is 12.8. The second kappa shape index (κ2) is 10.2. The van der Waals surface area contributed by atoms with E-state index < -0.39 is 8.32 Å². The number of aromatic nitrogens is 1. The summed E-state index contributed by atoms with van der Waals surface area (Å²) in [7, 11) is -2.59. The average Bonchev–Trinajstić information content (AvgIpc) is 2.89. The Morgan fingerprint density at radius 3 is 2.17 bits per heavy atom. The van der Waals surface area contributed by atoms with Crippen molar-refractivity contribution in [1.82, 2.24) is 4.98 Å². The Hall–Kier alpha value is -2.86. The molecule has 0 radical (unpaired) electrons. The standard InChI is InChI=1S/C31H34FNO2Si/c1-31(2,3)36(26-10-6-4-7-11-26,27-12-8-5-9-13-27)35-22-25-16-14-23(21-34-25)28-18-19-33-30-17-15-24(32)20-29(28)30/h4-13,15,17-20,23,25H,14,16,21-22H2,1-3H3. The van der Waals surface area contributed by atoms with Gasteiger partial charge in [-0.1, -0.05) is 81.4 Å². The van der Waals surface area contributed by atoms with Gasteiger partial charge >= 0.3 is 0 Å². The summed E-state index contributed by atoms with van der Waals surface area (Å²) in [5, 5.41) is 3.38. The van der Waals surface area contributed by atoms with E-state index in [0.29, 0.717) is 13.2 Å². The van der Waals surface area contributed by atoms with Gasteiger partial charge in [-0.2, -0.15) is 0 Å². The molecular weight excluding hydrogens is 465 g/mol. The van der Waals surface area contributed by atoms with Crippen molar-refractivity contribution in [3.8, 4) is 0 Å². The van der Waals surface area contributed by atoms with E-state index in [0.717, 1.165) is 29.3 Å². The van der Waals surface area contributed by atoms with Crippen LogP contribution >= 0.6 is 0 Å². The van der Waals surface area contributed by atoms with E-state index in [1.807, 2.05) is 12.3 Å². The van der Waals surface area contributed by atoms with Crippen molar-refractivity contribution in [3.63, 3.8) is 0 Å². The van der Waals surface area contributed by atoms with E-state index >= 15 is 0 Å². The van der Waals surface area contributed by atoms with Gasteiger partial charge < -0.3 is 9.16 Å². The summed E-state index contributed by atoms with van der Waals surface area (Å²) in [6, 6.07) is 28.3. The fourth-order valence-electron chi connectivity index (χ4n) is 5.66. The third-order valence-electron chi connectivity index (χ3n) is 7.45. The highest BCUT2D eigenvalue weighted by atomic mass is 28.4. The summed E-state index contributed by atoms with van der Waals surface area (Å²) in [5.41, 5.74) is 1.94. The van der Waals surface area contributed by atoms with Crippen LogP contribution in [0.4, 0.5) is 4.39 Å². The number of halogens is 1. The predicted octanol–water partition coefficient (Wildman–Crippen LogP) is 6.21. The Kier molecular flexibility index (Phi) is 7.06. The number of rotatable bonds is 6. The molecule has 4 aromatic rings. The van der Waals surface area contributed by atoms with Crippen molar-refractivity contribution < 1.29 is 13.6 Å². The van der Waals surface area contributed by atoms with Crippen LogP contribution in [0.25, 0.3) is 10.9 Å². The van der Waals surface area contributed by atoms with E-state index in [2.05, 4.69) is 86.4 Å². The molecule has 1 saturated heterocycles. The number of pyridine rings is 1. The van der Waals surface area contributed by atoms with E-state index in [4.69, 9.17) is 9.16 Å². The molecule has 0 amide bonds. The smallest absolute Gasteiger partial charge is 0.261 e. The minimum Gasteiger partial charge on any atom is -0.405 e. The topological polar surface area (TPSA) is 31.4 Å². The monoisotopic (exact) mass is 499 g/mol. The number of ether oxygens (including phenoxy) is 1. The van der Waals surface area contributed by atoms with Crippen LogP contribution in [-0.2, 0) is 9.16 Å². The lowest BCUT2D eigenvalue weighted by Crippen LogP contribution is -2.67. The highest BCUT2D eigenvalue weighted by Crippen LogP contribution is 2.38. The molecule has 2 heterocycles. The molecule has 0 saturated carbocycles. The molecule has 3 aromatic carbocycles. The summed E-state index contributed by atoms with van der Waals surface area (Å²) in [5.74, 6) is -0.00790. The first-order valence-corrected chi connectivity index (χ1v) is 14.7. The van der Waals surface area contributed by atoms with Crippen molar-refractivity contribution in [3.05, 3.63) is 103 Å². The molecule has 2 unspecified atom stereocenters. The average molecular weight is 500 g/mol. The molecule has 36 heavy (non-hydrogen) atoms. The van der Waals surface area contributed by atoms with Crippen LogP contribution in [0.1, 0.15) is 45.1 Å². The molecule has 5 heteroatoms. The number of nitrogens with zero attached hydrogens (tertiary/aromatic N) is 1. The van der Waals surface area contributed by atoms with Crippen LogP contribution < -0.4 is 10.4 Å². The molecule has 1 aliphatic heterocycles. The van der Waals surface area contributed by atoms with Crippen LogP contribution in [0.3, 0.4) is 0 Å². The lowest BCUT2D eigenvalue weighted by molar-refractivity contribution is -0.0230. The second-order valence-corrected chi connectivity index (χ2v) is 15.1. The summed E-state index contributed by atoms with van der Waals surface area (Å²) in [6.45, 7) is 8.05. The molecular formula is C31H34FNO2Si. The Labute approximate surface area is 214 Å². The maximum atomic E-state index is 14.0. The Morgan fingerprint density at radius 2 is 1.58 bits per heavy atom. The summed E-state index contributed by atoms with van der Waals surface area (Å²) < 4.78 is 27.4. The molecule has 1 aromatic heterocycles. The highest BCUT2D eigenvalue weighted by molar-refractivity contribution is 6.99. The zero-order valence-corrected chi connectivity index (χ0v) is 22.3. The van der Waals surface area contributed by atoms with Crippen molar-refractivity contribution in [2.45, 2.75) is 50.7 Å². The number of fused-ring (bicyclic) bond motifs is 1. The molecule has 3 nitrogen and oxygen atoms in total. The van der Waals surface area contributed by atoms with Crippen LogP contribution in [0.15, 0.2) is 91.1 Å². The van der Waals surface area contributed by atoms with Gasteiger partial charge in [0.15, 0.2) is 0 Å². The molecule has 1 aliphatic rings. The highest BCUT2D eigenvalue weighted by Gasteiger charge is 2.50. The van der Waals surface area contributed by atoms with E-state index in [1.165, 1.54) is 16.4 Å². The molecule has 0 spiro atoms. The van der Waals surface area contributed by atoms with E-state index in [-0.39, 0.29) is 22.9 Å². The van der Waals surface area contributed by atoms with Gasteiger partial charge in [-0.05, 0) is 58.1 Å². The summed E-state index contributed by atoms with van der Waals surface area (Å²) in [4.78, 5) is 4.41. The van der Waals surface area contributed by atoms with Crippen molar-refractivity contribution in [1.29, 1.82) is 0 Å². The zero-order valence-electron chi connectivity index (χ0n) is 21.3. The van der Waals surface area contributed by atoms with Gasteiger partial charge in [-0.3, -0.25) is 4.98 Å². The molecule has 5 rings (SSSR count). The Bertz CT molecular complexity index is 1260. The minimum absolute atomic E-state index is 0.0349. The Balaban J connectivity index is 1.36. The van der Waals surface area contributed by atoms with Gasteiger partial charge in [0.1, 0.15) is 5.82 Å². The normalized spacial score (nSPS) is 18.9. The van der Waals surface area contributed by atoms with Gasteiger partial charge in [-0.15, -0.1) is 0 Å². The lowest BCUT2D eigenvalue weighted by atomic mass is 9.89. The number of hydrogen-bond donors (Lipinski definition) is 0. The number of hydrogen-bond acceptors (Lipinski definition) is 3.